The summed E-state index contributed by atoms with van der Waals surface area (Å²) in [5, 5.41) is 0. The molecule has 0 bridgehead atoms. The molecule has 0 amide bonds. The maximum absolute atomic E-state index is 15.2. The smallest absolute Gasteiger partial charge is 0.198 e. The van der Waals surface area contributed by atoms with Crippen LogP contribution in [0.25, 0.3) is 33.4 Å². The Balaban J connectivity index is 2.33. The van der Waals surface area contributed by atoms with Crippen molar-refractivity contribution in [3.05, 3.63) is 93.6 Å². The van der Waals surface area contributed by atoms with Gasteiger partial charge < -0.3 is 11.5 Å². The van der Waals surface area contributed by atoms with Gasteiger partial charge in [-0.2, -0.15) is 0 Å². The van der Waals surface area contributed by atoms with Crippen LogP contribution in [0.15, 0.2) is 12.1 Å². The zero-order valence-electron chi connectivity index (χ0n) is 18.6. The third-order valence-electron chi connectivity index (χ3n) is 5.73. The molecule has 0 aliphatic heterocycles. The zero-order valence-corrected chi connectivity index (χ0v) is 18.6. The van der Waals surface area contributed by atoms with Gasteiger partial charge in [-0.25, -0.2) is 61.5 Å². The molecule has 0 spiro atoms. The van der Waals surface area contributed by atoms with E-state index < -0.39 is 126 Å². The topological polar surface area (TPSA) is 52.0 Å². The van der Waals surface area contributed by atoms with Gasteiger partial charge in [0.05, 0.1) is 11.1 Å². The fraction of sp³-hybridized carbons (Fsp3) is 0. The van der Waals surface area contributed by atoms with E-state index in [0.717, 1.165) is 0 Å². The number of hydrogen-bond acceptors (Lipinski definition) is 2. The lowest BCUT2D eigenvalue weighted by Gasteiger charge is -2.20. The first kappa shape index (κ1) is 28.5. The van der Waals surface area contributed by atoms with Crippen molar-refractivity contribution in [2.24, 2.45) is 0 Å². The Bertz CT molecular complexity index is 1710. The second-order valence-corrected chi connectivity index (χ2v) is 7.88. The normalized spacial score (nSPS) is 11.4. The predicted molar refractivity (Wildman–Crippen MR) is 111 cm³/mol. The molecule has 4 aromatic rings. The molecule has 0 aliphatic rings. The Morgan fingerprint density at radius 2 is 0.625 bits per heavy atom. The second kappa shape index (κ2) is 9.60. The van der Waals surface area contributed by atoms with E-state index in [0.29, 0.717) is 0 Å². The van der Waals surface area contributed by atoms with Crippen molar-refractivity contribution in [3.63, 3.8) is 0 Å². The van der Waals surface area contributed by atoms with Crippen LogP contribution >= 0.6 is 0 Å². The highest BCUT2D eigenvalue weighted by atomic mass is 19.2. The molecule has 0 atom stereocenters. The van der Waals surface area contributed by atoms with Gasteiger partial charge in [0, 0.05) is 16.7 Å². The highest BCUT2D eigenvalue weighted by Crippen LogP contribution is 2.48. The standard InChI is InChI=1S/C24H6F14N2/c25-4-2-1-3(6(10(4)26)8-13(29)19(35)23(39)20(36)14(8)30)5-7(12(28)18(34)17(33)11(5)27)9-15(31)21(37)24(40)22(38)16(9)32/h1-2H,39-40H2. The monoisotopic (exact) mass is 588 g/mol. The van der Waals surface area contributed by atoms with Gasteiger partial charge in [-0.05, 0) is 11.6 Å². The van der Waals surface area contributed by atoms with Gasteiger partial charge in [0.15, 0.2) is 81.4 Å². The summed E-state index contributed by atoms with van der Waals surface area (Å²) >= 11 is 0. The molecule has 0 aromatic heterocycles. The van der Waals surface area contributed by atoms with Crippen LogP contribution in [0, 0.1) is 81.4 Å². The van der Waals surface area contributed by atoms with Gasteiger partial charge in [-0.3, -0.25) is 0 Å². The summed E-state index contributed by atoms with van der Waals surface area (Å²) < 4.78 is 203. The van der Waals surface area contributed by atoms with Crippen LogP contribution in [-0.2, 0) is 0 Å². The van der Waals surface area contributed by atoms with E-state index in [2.05, 4.69) is 0 Å². The van der Waals surface area contributed by atoms with Crippen molar-refractivity contribution in [1.82, 2.24) is 0 Å². The van der Waals surface area contributed by atoms with Crippen molar-refractivity contribution >= 4 is 11.4 Å². The third kappa shape index (κ3) is 3.80. The minimum absolute atomic E-state index is 0.0206. The number of hydrogen-bond donors (Lipinski definition) is 2. The molecular weight excluding hydrogens is 582 g/mol. The third-order valence-corrected chi connectivity index (χ3v) is 5.73. The summed E-state index contributed by atoms with van der Waals surface area (Å²) in [5.41, 5.74) is -6.76. The van der Waals surface area contributed by atoms with Gasteiger partial charge >= 0.3 is 0 Å². The average Bonchev–Trinajstić information content (AvgIpc) is 2.93. The Hall–Kier alpha value is -4.50. The molecule has 16 heteroatoms. The van der Waals surface area contributed by atoms with Crippen molar-refractivity contribution in [3.8, 4) is 33.4 Å². The molecule has 2 nitrogen and oxygen atoms in total. The minimum atomic E-state index is -2.86. The first-order valence-electron chi connectivity index (χ1n) is 10.1. The fourth-order valence-corrected chi connectivity index (χ4v) is 3.86. The first-order chi connectivity index (χ1) is 18.6. The van der Waals surface area contributed by atoms with Crippen LogP contribution < -0.4 is 11.5 Å². The summed E-state index contributed by atoms with van der Waals surface area (Å²) in [6.07, 6.45) is 0. The first-order valence-corrected chi connectivity index (χ1v) is 10.1. The number of nitrogens with two attached hydrogens (primary N) is 2. The van der Waals surface area contributed by atoms with Crippen molar-refractivity contribution < 1.29 is 61.5 Å². The quantitative estimate of drug-likeness (QED) is 0.111. The number of rotatable bonds is 3. The summed E-state index contributed by atoms with van der Waals surface area (Å²) in [6, 6.07) is 0.0184. The van der Waals surface area contributed by atoms with Crippen LogP contribution in [0.5, 0.6) is 0 Å². The average molecular weight is 588 g/mol. The molecule has 0 saturated carbocycles. The predicted octanol–water partition coefficient (Wildman–Crippen LogP) is 7.80. The van der Waals surface area contributed by atoms with Crippen LogP contribution in [0.2, 0.25) is 0 Å². The van der Waals surface area contributed by atoms with Crippen molar-refractivity contribution in [2.45, 2.75) is 0 Å². The largest absolute Gasteiger partial charge is 0.394 e. The Kier molecular flexibility index (Phi) is 6.84. The van der Waals surface area contributed by atoms with Gasteiger partial charge in [0.1, 0.15) is 11.4 Å². The van der Waals surface area contributed by atoms with E-state index >= 15 is 8.78 Å². The fourth-order valence-electron chi connectivity index (χ4n) is 3.86. The van der Waals surface area contributed by atoms with Crippen LogP contribution in [0.1, 0.15) is 0 Å². The van der Waals surface area contributed by atoms with Crippen LogP contribution in [0.3, 0.4) is 0 Å². The van der Waals surface area contributed by atoms with Gasteiger partial charge in [0.2, 0.25) is 0 Å². The van der Waals surface area contributed by atoms with Crippen molar-refractivity contribution in [1.29, 1.82) is 0 Å². The maximum Gasteiger partial charge on any atom is 0.198 e. The van der Waals surface area contributed by atoms with E-state index in [1.807, 2.05) is 0 Å². The van der Waals surface area contributed by atoms with Crippen LogP contribution in [-0.4, -0.2) is 0 Å². The van der Waals surface area contributed by atoms with E-state index in [9.17, 15) is 52.7 Å². The Labute approximate surface area is 212 Å². The van der Waals surface area contributed by atoms with E-state index in [-0.39, 0.29) is 12.1 Å². The Morgan fingerprint density at radius 3 is 1.02 bits per heavy atom. The molecule has 0 unspecified atom stereocenters. The summed E-state index contributed by atoms with van der Waals surface area (Å²) in [6.45, 7) is 0. The summed E-state index contributed by atoms with van der Waals surface area (Å²) in [7, 11) is 0. The number of benzene rings is 4. The van der Waals surface area contributed by atoms with Crippen molar-refractivity contribution in [2.75, 3.05) is 11.5 Å². The molecule has 4 rings (SSSR count). The van der Waals surface area contributed by atoms with Gasteiger partial charge in [-0.1, -0.05) is 6.07 Å². The lowest BCUT2D eigenvalue weighted by atomic mass is 9.86. The SMILES string of the molecule is Nc1c(F)c(F)c(-c2c(-c3c(F)c(F)c(F)c(F)c3-c3c(F)c(F)c(N)c(F)c3F)ccc(F)c2F)c(F)c1F. The molecule has 0 fully saturated rings. The molecule has 0 saturated heterocycles. The summed E-state index contributed by atoms with van der Waals surface area (Å²) in [5.74, 6) is -36.0. The second-order valence-electron chi connectivity index (χ2n) is 7.88. The maximum atomic E-state index is 15.2. The molecular formula is C24H6F14N2. The van der Waals surface area contributed by atoms with E-state index in [1.165, 1.54) is 0 Å². The van der Waals surface area contributed by atoms with E-state index in [1.54, 1.807) is 0 Å². The molecule has 210 valence electrons. The molecule has 4 aromatic carbocycles. The van der Waals surface area contributed by atoms with Gasteiger partial charge in [-0.15, -0.1) is 0 Å². The molecule has 4 N–H and O–H groups in total. The van der Waals surface area contributed by atoms with E-state index in [4.69, 9.17) is 11.5 Å². The highest BCUT2D eigenvalue weighted by molar-refractivity contribution is 5.93. The molecule has 0 heterocycles. The molecule has 40 heavy (non-hydrogen) atoms. The zero-order chi connectivity index (χ0) is 30.1. The highest BCUT2D eigenvalue weighted by Gasteiger charge is 2.37. The van der Waals surface area contributed by atoms with Crippen LogP contribution in [0.4, 0.5) is 72.8 Å². The molecule has 0 aliphatic carbocycles. The molecule has 0 radical (unpaired) electrons. The number of anilines is 2. The number of nitrogen functional groups attached to an aromatic ring is 2. The van der Waals surface area contributed by atoms with Gasteiger partial charge in [0.25, 0.3) is 0 Å². The lowest BCUT2D eigenvalue weighted by molar-refractivity contribution is 0.410. The Morgan fingerprint density at radius 1 is 0.300 bits per heavy atom. The summed E-state index contributed by atoms with van der Waals surface area (Å²) in [4.78, 5) is 0. The lowest BCUT2D eigenvalue weighted by Crippen LogP contribution is -2.11. The minimum Gasteiger partial charge on any atom is -0.394 e. The number of halogens is 14.